The summed E-state index contributed by atoms with van der Waals surface area (Å²) < 4.78 is -1.38. The molecular weight excluding hydrogens is 144 g/mol. The van der Waals surface area contributed by atoms with Crippen molar-refractivity contribution < 1.29 is 0 Å². The lowest BCUT2D eigenvalue weighted by Crippen LogP contribution is -2.08. The molecule has 0 aliphatic heterocycles. The van der Waals surface area contributed by atoms with Crippen LogP contribution in [0.15, 0.2) is 0 Å². The van der Waals surface area contributed by atoms with Gasteiger partial charge in [-0.2, -0.15) is 0 Å². The SMILES string of the molecule is [NH]CC(Cl)(Cl)Cl. The van der Waals surface area contributed by atoms with Crippen LogP contribution in [0.4, 0.5) is 0 Å². The molecule has 37 valence electrons. The number of halogens is 3. The first-order valence-electron chi connectivity index (χ1n) is 1.27. The molecule has 0 saturated carbocycles. The first-order valence-corrected chi connectivity index (χ1v) is 2.41. The molecule has 0 aromatic carbocycles. The Labute approximate surface area is 51.4 Å². The van der Waals surface area contributed by atoms with E-state index in [9.17, 15) is 0 Å². The minimum atomic E-state index is -1.38. The smallest absolute Gasteiger partial charge is 0.204 e. The molecule has 0 fully saturated rings. The van der Waals surface area contributed by atoms with Crippen LogP contribution in [-0.2, 0) is 0 Å². The Morgan fingerprint density at radius 1 is 1.33 bits per heavy atom. The van der Waals surface area contributed by atoms with Crippen LogP contribution >= 0.6 is 34.8 Å². The van der Waals surface area contributed by atoms with Gasteiger partial charge in [0, 0.05) is 0 Å². The van der Waals surface area contributed by atoms with Gasteiger partial charge in [-0.1, -0.05) is 34.8 Å². The lowest BCUT2D eigenvalue weighted by atomic mass is 10.8. The highest BCUT2D eigenvalue weighted by Crippen LogP contribution is 2.23. The third kappa shape index (κ3) is 4.83. The van der Waals surface area contributed by atoms with Crippen molar-refractivity contribution in [3.8, 4) is 0 Å². The van der Waals surface area contributed by atoms with Gasteiger partial charge in [-0.3, -0.25) is 5.73 Å². The lowest BCUT2D eigenvalue weighted by molar-refractivity contribution is 0.990. The second-order valence-corrected chi connectivity index (χ2v) is 3.31. The van der Waals surface area contributed by atoms with Gasteiger partial charge in [0.1, 0.15) is 0 Å². The van der Waals surface area contributed by atoms with Gasteiger partial charge < -0.3 is 0 Å². The van der Waals surface area contributed by atoms with Crippen molar-refractivity contribution in [1.82, 2.24) is 5.73 Å². The first kappa shape index (κ1) is 6.83. The maximum atomic E-state index is 6.46. The molecule has 0 aromatic heterocycles. The van der Waals surface area contributed by atoms with Gasteiger partial charge in [-0.05, 0) is 0 Å². The quantitative estimate of drug-likeness (QED) is 0.465. The molecule has 0 amide bonds. The van der Waals surface area contributed by atoms with Crippen molar-refractivity contribution in [3.63, 3.8) is 0 Å². The highest BCUT2D eigenvalue weighted by atomic mass is 35.6. The van der Waals surface area contributed by atoms with Crippen LogP contribution in [0.5, 0.6) is 0 Å². The van der Waals surface area contributed by atoms with Crippen LogP contribution in [0.25, 0.3) is 0 Å². The summed E-state index contributed by atoms with van der Waals surface area (Å²) in [6.07, 6.45) is 0. The van der Waals surface area contributed by atoms with Crippen molar-refractivity contribution in [3.05, 3.63) is 0 Å². The van der Waals surface area contributed by atoms with Crippen molar-refractivity contribution in [1.29, 1.82) is 0 Å². The summed E-state index contributed by atoms with van der Waals surface area (Å²) in [6.45, 7) is -0.183. The van der Waals surface area contributed by atoms with Gasteiger partial charge in [-0.15, -0.1) is 0 Å². The second kappa shape index (κ2) is 2.22. The summed E-state index contributed by atoms with van der Waals surface area (Å²) in [5.74, 6) is 0. The summed E-state index contributed by atoms with van der Waals surface area (Å²) in [5.41, 5.74) is 6.46. The Kier molecular flexibility index (Phi) is 2.53. The van der Waals surface area contributed by atoms with E-state index in [4.69, 9.17) is 40.5 Å². The van der Waals surface area contributed by atoms with Gasteiger partial charge in [0.25, 0.3) is 0 Å². The van der Waals surface area contributed by atoms with Crippen LogP contribution in [0.3, 0.4) is 0 Å². The van der Waals surface area contributed by atoms with Gasteiger partial charge in [0.05, 0.1) is 6.54 Å². The number of nitrogens with one attached hydrogen (secondary N) is 1. The fraction of sp³-hybridized carbons (Fsp3) is 1.00. The van der Waals surface area contributed by atoms with Crippen LogP contribution in [0.2, 0.25) is 0 Å². The van der Waals surface area contributed by atoms with Crippen LogP contribution in [-0.4, -0.2) is 10.3 Å². The lowest BCUT2D eigenvalue weighted by Gasteiger charge is -2.01. The summed E-state index contributed by atoms with van der Waals surface area (Å²) in [7, 11) is 0. The second-order valence-electron chi connectivity index (χ2n) is 0.792. The van der Waals surface area contributed by atoms with E-state index >= 15 is 0 Å². The zero-order valence-electron chi connectivity index (χ0n) is 2.84. The van der Waals surface area contributed by atoms with E-state index < -0.39 is 3.79 Å². The summed E-state index contributed by atoms with van der Waals surface area (Å²) >= 11 is 15.2. The predicted molar refractivity (Wildman–Crippen MR) is 28.3 cm³/mol. The van der Waals surface area contributed by atoms with Crippen LogP contribution in [0, 0.1) is 0 Å². The Bertz CT molecular complexity index is 38.5. The fourth-order valence-electron chi connectivity index (χ4n) is 0. The normalized spacial score (nSPS) is 12.0. The molecule has 1 radical (unpaired) electrons. The predicted octanol–water partition coefficient (Wildman–Crippen LogP) is 1.64. The summed E-state index contributed by atoms with van der Waals surface area (Å²) in [6, 6.07) is 0. The zero-order valence-corrected chi connectivity index (χ0v) is 5.11. The molecule has 0 unspecified atom stereocenters. The number of hydrogen-bond acceptors (Lipinski definition) is 0. The van der Waals surface area contributed by atoms with E-state index in [2.05, 4.69) is 0 Å². The van der Waals surface area contributed by atoms with E-state index in [1.54, 1.807) is 0 Å². The van der Waals surface area contributed by atoms with E-state index in [-0.39, 0.29) is 6.54 Å². The molecular formula is C2H3Cl3N. The molecule has 0 aliphatic rings. The maximum Gasteiger partial charge on any atom is 0.204 e. The Morgan fingerprint density at radius 2 is 1.50 bits per heavy atom. The van der Waals surface area contributed by atoms with Crippen molar-refractivity contribution in [2.24, 2.45) is 0 Å². The average Bonchev–Trinajstić information content (AvgIpc) is 1.35. The molecule has 4 heteroatoms. The molecule has 0 rings (SSSR count). The minimum absolute atomic E-state index is 0.183. The Morgan fingerprint density at radius 3 is 1.50 bits per heavy atom. The molecule has 0 saturated heterocycles. The Balaban J connectivity index is 3.17. The average molecular weight is 147 g/mol. The topological polar surface area (TPSA) is 23.8 Å². The third-order valence-corrected chi connectivity index (χ3v) is 0.601. The van der Waals surface area contributed by atoms with Gasteiger partial charge in [-0.25, -0.2) is 0 Å². The molecule has 6 heavy (non-hydrogen) atoms. The largest absolute Gasteiger partial charge is 0.253 e. The number of rotatable bonds is 0. The van der Waals surface area contributed by atoms with E-state index in [1.165, 1.54) is 0 Å². The summed E-state index contributed by atoms with van der Waals surface area (Å²) in [5, 5.41) is 0. The van der Waals surface area contributed by atoms with Crippen molar-refractivity contribution >= 4 is 34.8 Å². The maximum absolute atomic E-state index is 6.46. The summed E-state index contributed by atoms with van der Waals surface area (Å²) in [4.78, 5) is 0. The fourth-order valence-corrected chi connectivity index (χ4v) is 0. The minimum Gasteiger partial charge on any atom is -0.253 e. The molecule has 0 bridgehead atoms. The molecule has 0 spiro atoms. The zero-order chi connectivity index (χ0) is 5.21. The number of hydrogen-bond donors (Lipinski definition) is 0. The highest BCUT2D eigenvalue weighted by molar-refractivity contribution is 6.67. The van der Waals surface area contributed by atoms with E-state index in [0.29, 0.717) is 0 Å². The molecule has 0 aliphatic carbocycles. The Hall–Kier alpha value is 0.830. The highest BCUT2D eigenvalue weighted by Gasteiger charge is 2.15. The standard InChI is InChI=1S/C2H3Cl3N/c3-2(4,5)1-6/h6H,1H2. The number of alkyl halides is 3. The van der Waals surface area contributed by atoms with Gasteiger partial charge in [0.2, 0.25) is 3.79 Å². The van der Waals surface area contributed by atoms with E-state index in [1.807, 2.05) is 0 Å². The van der Waals surface area contributed by atoms with Crippen molar-refractivity contribution in [2.75, 3.05) is 6.54 Å². The van der Waals surface area contributed by atoms with Crippen LogP contribution in [0.1, 0.15) is 0 Å². The van der Waals surface area contributed by atoms with Gasteiger partial charge >= 0.3 is 0 Å². The van der Waals surface area contributed by atoms with Crippen LogP contribution < -0.4 is 5.73 Å². The monoisotopic (exact) mass is 146 g/mol. The van der Waals surface area contributed by atoms with Crippen molar-refractivity contribution in [2.45, 2.75) is 3.79 Å². The third-order valence-electron chi connectivity index (χ3n) is 0.200. The molecule has 0 atom stereocenters. The molecule has 0 heterocycles. The first-order chi connectivity index (χ1) is 2.56. The molecule has 0 aromatic rings. The van der Waals surface area contributed by atoms with Gasteiger partial charge in [0.15, 0.2) is 0 Å². The van der Waals surface area contributed by atoms with E-state index in [0.717, 1.165) is 0 Å². The molecule has 1 N–H and O–H groups in total. The molecule has 1 nitrogen and oxygen atoms in total.